The predicted octanol–water partition coefficient (Wildman–Crippen LogP) is -0.809. The van der Waals surface area contributed by atoms with Crippen molar-refractivity contribution in [2.75, 3.05) is 12.3 Å². The van der Waals surface area contributed by atoms with Crippen LogP contribution in [0.5, 0.6) is 0 Å². The maximum Gasteiger partial charge on any atom is 0.220 e. The minimum absolute atomic E-state index is 0.00285. The van der Waals surface area contributed by atoms with Gasteiger partial charge in [-0.2, -0.15) is 0 Å². The molecule has 0 aromatic carbocycles. The van der Waals surface area contributed by atoms with E-state index in [1.54, 1.807) is 0 Å². The van der Waals surface area contributed by atoms with Gasteiger partial charge in [-0.15, -0.1) is 0 Å². The second-order valence-corrected chi connectivity index (χ2v) is 5.03. The van der Waals surface area contributed by atoms with E-state index in [1.807, 2.05) is 0 Å². The molecule has 13 heavy (non-hydrogen) atoms. The lowest BCUT2D eigenvalue weighted by atomic mass is 10.0. The van der Waals surface area contributed by atoms with Gasteiger partial charge in [-0.25, -0.2) is 13.6 Å². The molecule has 0 radical (unpaired) electrons. The Hall–Kier alpha value is -0.620. The molecule has 1 fully saturated rings. The standard InChI is InChI=1S/C7H14N2O3S/c8-13(11,12)5-6-1-2-7(10)9-4-3-6/h6H,1-5H2,(H,9,10)(H2,8,11,12). The van der Waals surface area contributed by atoms with Gasteiger partial charge in [0.2, 0.25) is 15.9 Å². The summed E-state index contributed by atoms with van der Waals surface area (Å²) in [5, 5.41) is 7.60. The van der Waals surface area contributed by atoms with E-state index in [4.69, 9.17) is 5.14 Å². The van der Waals surface area contributed by atoms with Crippen LogP contribution in [-0.4, -0.2) is 26.6 Å². The highest BCUT2D eigenvalue weighted by Crippen LogP contribution is 2.14. The van der Waals surface area contributed by atoms with E-state index in [2.05, 4.69) is 5.32 Å². The molecule has 1 amide bonds. The maximum atomic E-state index is 10.9. The number of nitrogens with one attached hydrogen (secondary N) is 1. The Labute approximate surface area is 77.7 Å². The average Bonchev–Trinajstić information content (AvgIpc) is 2.12. The van der Waals surface area contributed by atoms with Gasteiger partial charge in [-0.1, -0.05) is 0 Å². The zero-order valence-electron chi connectivity index (χ0n) is 7.32. The molecule has 1 aliphatic rings. The number of sulfonamides is 1. The fourth-order valence-corrected chi connectivity index (χ4v) is 2.47. The minimum atomic E-state index is -3.40. The molecule has 1 unspecified atom stereocenters. The van der Waals surface area contributed by atoms with Crippen molar-refractivity contribution in [3.63, 3.8) is 0 Å². The molecule has 0 saturated carbocycles. The fraction of sp³-hybridized carbons (Fsp3) is 0.857. The number of carbonyl (C=O) groups excluding carboxylic acids is 1. The molecule has 1 aliphatic heterocycles. The highest BCUT2D eigenvalue weighted by molar-refractivity contribution is 7.89. The van der Waals surface area contributed by atoms with Crippen molar-refractivity contribution in [2.45, 2.75) is 19.3 Å². The Morgan fingerprint density at radius 1 is 1.46 bits per heavy atom. The van der Waals surface area contributed by atoms with E-state index >= 15 is 0 Å². The third kappa shape index (κ3) is 4.23. The van der Waals surface area contributed by atoms with Gasteiger partial charge < -0.3 is 5.32 Å². The topological polar surface area (TPSA) is 89.3 Å². The molecule has 0 bridgehead atoms. The molecule has 5 nitrogen and oxygen atoms in total. The molecule has 1 saturated heterocycles. The number of rotatable bonds is 2. The number of primary sulfonamides is 1. The molecule has 6 heteroatoms. The first kappa shape index (κ1) is 10.5. The largest absolute Gasteiger partial charge is 0.356 e. The zero-order valence-corrected chi connectivity index (χ0v) is 8.14. The summed E-state index contributed by atoms with van der Waals surface area (Å²) < 4.78 is 21.5. The predicted molar refractivity (Wildman–Crippen MR) is 48.3 cm³/mol. The van der Waals surface area contributed by atoms with Crippen molar-refractivity contribution in [3.8, 4) is 0 Å². The average molecular weight is 206 g/mol. The molecular weight excluding hydrogens is 192 g/mol. The van der Waals surface area contributed by atoms with Gasteiger partial charge in [-0.05, 0) is 18.8 Å². The van der Waals surface area contributed by atoms with Crippen LogP contribution in [0.25, 0.3) is 0 Å². The van der Waals surface area contributed by atoms with E-state index in [-0.39, 0.29) is 17.6 Å². The number of nitrogens with two attached hydrogens (primary N) is 1. The second kappa shape index (κ2) is 4.06. The molecule has 1 heterocycles. The van der Waals surface area contributed by atoms with Gasteiger partial charge in [0.25, 0.3) is 0 Å². The molecule has 0 aliphatic carbocycles. The lowest BCUT2D eigenvalue weighted by Crippen LogP contribution is -2.24. The molecular formula is C7H14N2O3S. The molecule has 1 atom stereocenters. The van der Waals surface area contributed by atoms with Gasteiger partial charge in [0.05, 0.1) is 5.75 Å². The van der Waals surface area contributed by atoms with Crippen LogP contribution in [0.15, 0.2) is 0 Å². The molecule has 0 aromatic rings. The Morgan fingerprint density at radius 3 is 2.77 bits per heavy atom. The van der Waals surface area contributed by atoms with Crippen LogP contribution in [0, 0.1) is 5.92 Å². The van der Waals surface area contributed by atoms with Gasteiger partial charge in [0, 0.05) is 13.0 Å². The van der Waals surface area contributed by atoms with Crippen LogP contribution in [-0.2, 0) is 14.8 Å². The quantitative estimate of drug-likeness (QED) is 0.619. The minimum Gasteiger partial charge on any atom is -0.356 e. The monoisotopic (exact) mass is 206 g/mol. The van der Waals surface area contributed by atoms with Gasteiger partial charge in [0.15, 0.2) is 0 Å². The first-order valence-electron chi connectivity index (χ1n) is 4.24. The van der Waals surface area contributed by atoms with Crippen LogP contribution < -0.4 is 10.5 Å². The van der Waals surface area contributed by atoms with Crippen molar-refractivity contribution in [1.82, 2.24) is 5.32 Å². The van der Waals surface area contributed by atoms with Crippen molar-refractivity contribution in [2.24, 2.45) is 11.1 Å². The van der Waals surface area contributed by atoms with E-state index in [0.29, 0.717) is 25.8 Å². The smallest absolute Gasteiger partial charge is 0.220 e. The molecule has 0 spiro atoms. The Balaban J connectivity index is 2.48. The number of hydrogen-bond donors (Lipinski definition) is 2. The third-order valence-electron chi connectivity index (χ3n) is 2.12. The summed E-state index contributed by atoms with van der Waals surface area (Å²) in [7, 11) is -3.40. The van der Waals surface area contributed by atoms with Crippen molar-refractivity contribution >= 4 is 15.9 Å². The van der Waals surface area contributed by atoms with Crippen molar-refractivity contribution < 1.29 is 13.2 Å². The van der Waals surface area contributed by atoms with E-state index in [9.17, 15) is 13.2 Å². The van der Waals surface area contributed by atoms with E-state index in [1.165, 1.54) is 0 Å². The Bertz CT molecular complexity index is 286. The van der Waals surface area contributed by atoms with Crippen molar-refractivity contribution in [1.29, 1.82) is 0 Å². The second-order valence-electron chi connectivity index (χ2n) is 3.37. The van der Waals surface area contributed by atoms with Crippen LogP contribution in [0.2, 0.25) is 0 Å². The maximum absolute atomic E-state index is 10.9. The summed E-state index contributed by atoms with van der Waals surface area (Å²) in [6, 6.07) is 0. The van der Waals surface area contributed by atoms with E-state index in [0.717, 1.165) is 0 Å². The first-order chi connectivity index (χ1) is 5.97. The molecule has 1 rings (SSSR count). The van der Waals surface area contributed by atoms with Crippen LogP contribution in [0.4, 0.5) is 0 Å². The highest BCUT2D eigenvalue weighted by Gasteiger charge is 2.19. The fourth-order valence-electron chi connectivity index (χ4n) is 1.48. The normalized spacial score (nSPS) is 25.0. The SMILES string of the molecule is NS(=O)(=O)CC1CCNC(=O)CC1. The van der Waals surface area contributed by atoms with Crippen molar-refractivity contribution in [3.05, 3.63) is 0 Å². The Kier molecular flexibility index (Phi) is 3.27. The Morgan fingerprint density at radius 2 is 2.15 bits per heavy atom. The summed E-state index contributed by atoms with van der Waals surface area (Å²) in [6.45, 7) is 0.555. The van der Waals surface area contributed by atoms with Crippen LogP contribution >= 0.6 is 0 Å². The first-order valence-corrected chi connectivity index (χ1v) is 5.96. The summed E-state index contributed by atoms with van der Waals surface area (Å²) >= 11 is 0. The number of amides is 1. The van der Waals surface area contributed by atoms with Crippen LogP contribution in [0.3, 0.4) is 0 Å². The summed E-state index contributed by atoms with van der Waals surface area (Å²) in [5.74, 6) is 0.00738. The lowest BCUT2D eigenvalue weighted by molar-refractivity contribution is -0.120. The van der Waals surface area contributed by atoms with Gasteiger partial charge >= 0.3 is 0 Å². The summed E-state index contributed by atoms with van der Waals surface area (Å²) in [4.78, 5) is 10.9. The zero-order chi connectivity index (χ0) is 9.90. The van der Waals surface area contributed by atoms with Gasteiger partial charge in [0.1, 0.15) is 0 Å². The lowest BCUT2D eigenvalue weighted by Gasteiger charge is -2.10. The van der Waals surface area contributed by atoms with Gasteiger partial charge in [-0.3, -0.25) is 4.79 Å². The third-order valence-corrected chi connectivity index (χ3v) is 3.06. The molecule has 3 N–H and O–H groups in total. The number of hydrogen-bond acceptors (Lipinski definition) is 3. The summed E-state index contributed by atoms with van der Waals surface area (Å²) in [5.41, 5.74) is 0. The molecule has 0 aromatic heterocycles. The molecule has 76 valence electrons. The number of carbonyl (C=O) groups is 1. The van der Waals surface area contributed by atoms with Crippen LogP contribution in [0.1, 0.15) is 19.3 Å². The highest BCUT2D eigenvalue weighted by atomic mass is 32.2. The van der Waals surface area contributed by atoms with E-state index < -0.39 is 10.0 Å². The summed E-state index contributed by atoms with van der Waals surface area (Å²) in [6.07, 6.45) is 1.71.